The van der Waals surface area contributed by atoms with Gasteiger partial charge < -0.3 is 4.98 Å². The van der Waals surface area contributed by atoms with Crippen LogP contribution in [-0.2, 0) is 0 Å². The Balaban J connectivity index is 1.72. The van der Waals surface area contributed by atoms with Gasteiger partial charge in [0, 0.05) is 11.8 Å². The van der Waals surface area contributed by atoms with E-state index < -0.39 is 5.69 Å². The molecule has 0 unspecified atom stereocenters. The Kier molecular flexibility index (Phi) is 3.54. The lowest BCUT2D eigenvalue weighted by molar-refractivity contribution is 0.390. The average molecular weight is 270 g/mol. The maximum atomic E-state index is 11.4. The van der Waals surface area contributed by atoms with Gasteiger partial charge in [-0.15, -0.1) is 0 Å². The Morgan fingerprint density at radius 1 is 0.850 bits per heavy atom. The molecule has 0 atom stereocenters. The second kappa shape index (κ2) is 5.49. The number of aromatic amines is 2. The summed E-state index contributed by atoms with van der Waals surface area (Å²) in [6, 6.07) is 12.1. The van der Waals surface area contributed by atoms with Crippen LogP contribution in [-0.4, -0.2) is 9.97 Å². The first kappa shape index (κ1) is 12.9. The van der Waals surface area contributed by atoms with Crippen molar-refractivity contribution in [2.24, 2.45) is 0 Å². The second-order valence-corrected chi connectivity index (χ2v) is 5.50. The molecule has 1 fully saturated rings. The molecule has 1 aliphatic rings. The molecule has 2 N–H and O–H groups in total. The van der Waals surface area contributed by atoms with Crippen LogP contribution in [0.15, 0.2) is 46.0 Å². The Bertz CT molecular complexity index is 651. The minimum Gasteiger partial charge on any atom is -0.311 e. The van der Waals surface area contributed by atoms with Gasteiger partial charge in [0.15, 0.2) is 0 Å². The monoisotopic (exact) mass is 270 g/mol. The number of aromatic nitrogens is 2. The van der Waals surface area contributed by atoms with Gasteiger partial charge in [-0.3, -0.25) is 9.78 Å². The maximum absolute atomic E-state index is 11.4. The molecular formula is C16H18N2O2. The van der Waals surface area contributed by atoms with Crippen molar-refractivity contribution >= 4 is 0 Å². The largest absolute Gasteiger partial charge is 0.325 e. The summed E-state index contributed by atoms with van der Waals surface area (Å²) in [6.07, 6.45) is 4.23. The van der Waals surface area contributed by atoms with E-state index in [9.17, 15) is 9.59 Å². The van der Waals surface area contributed by atoms with Gasteiger partial charge in [-0.05, 0) is 43.1 Å². The molecule has 104 valence electrons. The lowest BCUT2D eigenvalue weighted by Crippen LogP contribution is -2.25. The van der Waals surface area contributed by atoms with Crippen molar-refractivity contribution in [3.8, 4) is 0 Å². The predicted molar refractivity (Wildman–Crippen MR) is 78.1 cm³/mol. The van der Waals surface area contributed by atoms with E-state index in [1.54, 1.807) is 0 Å². The van der Waals surface area contributed by atoms with Gasteiger partial charge in [-0.2, -0.15) is 0 Å². The summed E-state index contributed by atoms with van der Waals surface area (Å²) in [5.41, 5.74) is 1.46. The molecule has 1 aromatic carbocycles. The minimum atomic E-state index is -0.405. The fourth-order valence-electron chi connectivity index (χ4n) is 3.17. The predicted octanol–water partition coefficient (Wildman–Crippen LogP) is 2.50. The number of hydrogen-bond donors (Lipinski definition) is 2. The van der Waals surface area contributed by atoms with Crippen molar-refractivity contribution in [3.05, 3.63) is 68.5 Å². The van der Waals surface area contributed by atoms with E-state index in [0.29, 0.717) is 11.8 Å². The van der Waals surface area contributed by atoms with Gasteiger partial charge in [0.05, 0.1) is 0 Å². The Hall–Kier alpha value is -2.10. The SMILES string of the molecule is O=c1cc(C2CCC(c3ccccc3)CC2)[nH]c(=O)[nH]1. The van der Waals surface area contributed by atoms with E-state index in [1.165, 1.54) is 11.6 Å². The number of hydrogen-bond acceptors (Lipinski definition) is 2. The highest BCUT2D eigenvalue weighted by atomic mass is 16.2. The Labute approximate surface area is 116 Å². The van der Waals surface area contributed by atoms with E-state index in [2.05, 4.69) is 34.2 Å². The minimum absolute atomic E-state index is 0.296. The lowest BCUT2D eigenvalue weighted by Gasteiger charge is -2.28. The third-order valence-corrected chi connectivity index (χ3v) is 4.22. The average Bonchev–Trinajstić information content (AvgIpc) is 2.47. The van der Waals surface area contributed by atoms with Crippen molar-refractivity contribution in [2.75, 3.05) is 0 Å². The molecular weight excluding hydrogens is 252 g/mol. The quantitative estimate of drug-likeness (QED) is 0.880. The van der Waals surface area contributed by atoms with Crippen LogP contribution in [0.4, 0.5) is 0 Å². The number of benzene rings is 1. The van der Waals surface area contributed by atoms with Gasteiger partial charge in [0.25, 0.3) is 5.56 Å². The summed E-state index contributed by atoms with van der Waals surface area (Å²) in [5.74, 6) is 0.895. The molecule has 4 heteroatoms. The summed E-state index contributed by atoms with van der Waals surface area (Å²) in [7, 11) is 0. The molecule has 0 saturated heterocycles. The summed E-state index contributed by atoms with van der Waals surface area (Å²) in [4.78, 5) is 27.7. The topological polar surface area (TPSA) is 65.7 Å². The van der Waals surface area contributed by atoms with E-state index >= 15 is 0 Å². The van der Waals surface area contributed by atoms with Crippen LogP contribution in [0.2, 0.25) is 0 Å². The lowest BCUT2D eigenvalue weighted by atomic mass is 9.77. The molecule has 2 aromatic rings. The van der Waals surface area contributed by atoms with Crippen LogP contribution in [0.1, 0.15) is 48.8 Å². The summed E-state index contributed by atoms with van der Waals surface area (Å²) in [6.45, 7) is 0. The van der Waals surface area contributed by atoms with Crippen LogP contribution in [0.5, 0.6) is 0 Å². The number of rotatable bonds is 2. The Morgan fingerprint density at radius 3 is 2.15 bits per heavy atom. The van der Waals surface area contributed by atoms with Crippen molar-refractivity contribution in [1.82, 2.24) is 9.97 Å². The third-order valence-electron chi connectivity index (χ3n) is 4.22. The van der Waals surface area contributed by atoms with Crippen LogP contribution in [0.25, 0.3) is 0 Å². The highest BCUT2D eigenvalue weighted by Crippen LogP contribution is 2.39. The van der Waals surface area contributed by atoms with Gasteiger partial charge >= 0.3 is 5.69 Å². The van der Waals surface area contributed by atoms with Gasteiger partial charge in [0.2, 0.25) is 0 Å². The maximum Gasteiger partial charge on any atom is 0.325 e. The van der Waals surface area contributed by atoms with Crippen LogP contribution in [0, 0.1) is 0 Å². The summed E-state index contributed by atoms with van der Waals surface area (Å²) >= 11 is 0. The molecule has 0 spiro atoms. The molecule has 0 amide bonds. The molecule has 0 bridgehead atoms. The normalized spacial score (nSPS) is 22.6. The third kappa shape index (κ3) is 2.74. The van der Waals surface area contributed by atoms with E-state index in [-0.39, 0.29) is 5.56 Å². The second-order valence-electron chi connectivity index (χ2n) is 5.50. The highest BCUT2D eigenvalue weighted by molar-refractivity contribution is 5.21. The fourth-order valence-corrected chi connectivity index (χ4v) is 3.17. The summed E-state index contributed by atoms with van der Waals surface area (Å²) < 4.78 is 0. The first-order chi connectivity index (χ1) is 9.72. The van der Waals surface area contributed by atoms with Crippen LogP contribution < -0.4 is 11.2 Å². The molecule has 0 aliphatic heterocycles. The van der Waals surface area contributed by atoms with Gasteiger partial charge in [-0.1, -0.05) is 30.3 Å². The zero-order valence-electron chi connectivity index (χ0n) is 11.3. The molecule has 1 aliphatic carbocycles. The highest BCUT2D eigenvalue weighted by Gasteiger charge is 2.24. The van der Waals surface area contributed by atoms with Crippen molar-refractivity contribution in [3.63, 3.8) is 0 Å². The standard InChI is InChI=1S/C16H18N2O2/c19-15-10-14(17-16(20)18-15)13-8-6-12(7-9-13)11-4-2-1-3-5-11/h1-5,10,12-13H,6-9H2,(H2,17,18,19,20). The smallest absolute Gasteiger partial charge is 0.311 e. The summed E-state index contributed by atoms with van der Waals surface area (Å²) in [5, 5.41) is 0. The van der Waals surface area contributed by atoms with E-state index in [4.69, 9.17) is 0 Å². The molecule has 4 nitrogen and oxygen atoms in total. The first-order valence-electron chi connectivity index (χ1n) is 7.11. The van der Waals surface area contributed by atoms with Crippen molar-refractivity contribution in [2.45, 2.75) is 37.5 Å². The van der Waals surface area contributed by atoms with Crippen LogP contribution in [0.3, 0.4) is 0 Å². The zero-order valence-corrected chi connectivity index (χ0v) is 11.3. The molecule has 1 saturated carbocycles. The van der Waals surface area contributed by atoms with E-state index in [0.717, 1.165) is 31.4 Å². The molecule has 20 heavy (non-hydrogen) atoms. The van der Waals surface area contributed by atoms with E-state index in [1.807, 2.05) is 6.07 Å². The zero-order chi connectivity index (χ0) is 13.9. The Morgan fingerprint density at radius 2 is 1.50 bits per heavy atom. The number of nitrogens with one attached hydrogen (secondary N) is 2. The molecule has 3 rings (SSSR count). The number of H-pyrrole nitrogens is 2. The molecule has 1 aromatic heterocycles. The van der Waals surface area contributed by atoms with Crippen molar-refractivity contribution in [1.29, 1.82) is 0 Å². The van der Waals surface area contributed by atoms with Gasteiger partial charge in [0.1, 0.15) is 0 Å². The van der Waals surface area contributed by atoms with Crippen molar-refractivity contribution < 1.29 is 0 Å². The molecule has 1 heterocycles. The molecule has 0 radical (unpaired) electrons. The van der Waals surface area contributed by atoms with Gasteiger partial charge in [-0.25, -0.2) is 4.79 Å². The van der Waals surface area contributed by atoms with Crippen LogP contribution >= 0.6 is 0 Å². The first-order valence-corrected chi connectivity index (χ1v) is 7.11. The fraction of sp³-hybridized carbons (Fsp3) is 0.375.